The molecular weight excluding hydrogens is 503 g/mol. The molecule has 5 rings (SSSR count). The fraction of sp³-hybridized carbons (Fsp3) is 0.100. The molecule has 0 saturated carbocycles. The summed E-state index contributed by atoms with van der Waals surface area (Å²) in [6, 6.07) is 22.4. The molecule has 0 spiro atoms. The van der Waals surface area contributed by atoms with Crippen molar-refractivity contribution in [3.63, 3.8) is 0 Å². The molecule has 5 aromatic rings. The maximum Gasteiger partial charge on any atom is 0.341 e. The monoisotopic (exact) mass is 526 g/mol. The largest absolute Gasteiger partial charge is 0.497 e. The van der Waals surface area contributed by atoms with Crippen LogP contribution in [0, 0.1) is 5.82 Å². The van der Waals surface area contributed by atoms with Crippen molar-refractivity contribution < 1.29 is 23.5 Å². The molecule has 0 saturated heterocycles. The molecule has 1 N–H and O–H groups in total. The van der Waals surface area contributed by atoms with Crippen molar-refractivity contribution in [1.29, 1.82) is 0 Å². The number of anilines is 1. The van der Waals surface area contributed by atoms with Crippen LogP contribution in [0.1, 0.15) is 27.6 Å². The van der Waals surface area contributed by atoms with Crippen LogP contribution in [0.15, 0.2) is 84.2 Å². The van der Waals surface area contributed by atoms with Gasteiger partial charge >= 0.3 is 5.97 Å². The van der Waals surface area contributed by atoms with E-state index in [4.69, 9.17) is 14.5 Å². The van der Waals surface area contributed by atoms with Crippen molar-refractivity contribution in [2.45, 2.75) is 6.92 Å². The third kappa shape index (κ3) is 4.99. The minimum absolute atomic E-state index is 0.172. The molecule has 2 aromatic heterocycles. The predicted octanol–water partition coefficient (Wildman–Crippen LogP) is 7.21. The number of amides is 1. The van der Waals surface area contributed by atoms with Crippen LogP contribution in [0.25, 0.3) is 33.3 Å². The van der Waals surface area contributed by atoms with E-state index in [9.17, 15) is 14.0 Å². The zero-order valence-electron chi connectivity index (χ0n) is 20.7. The quantitative estimate of drug-likeness (QED) is 0.227. The van der Waals surface area contributed by atoms with E-state index in [0.29, 0.717) is 44.0 Å². The molecule has 0 atom stereocenters. The second kappa shape index (κ2) is 10.8. The van der Waals surface area contributed by atoms with E-state index in [1.807, 2.05) is 48.5 Å². The van der Waals surface area contributed by atoms with Crippen LogP contribution in [-0.2, 0) is 4.74 Å². The number of hydrogen-bond donors (Lipinski definition) is 1. The van der Waals surface area contributed by atoms with Crippen LogP contribution < -0.4 is 10.1 Å². The molecule has 0 aliphatic heterocycles. The molecular formula is C30H23FN2O4S. The number of esters is 1. The fourth-order valence-electron chi connectivity index (χ4n) is 4.14. The number of carbonyl (C=O) groups is 2. The van der Waals surface area contributed by atoms with Gasteiger partial charge < -0.3 is 14.8 Å². The molecule has 2 heterocycles. The second-order valence-electron chi connectivity index (χ2n) is 8.34. The number of para-hydroxylation sites is 1. The third-order valence-corrected chi connectivity index (χ3v) is 6.89. The number of fused-ring (bicyclic) bond motifs is 1. The Morgan fingerprint density at radius 2 is 1.68 bits per heavy atom. The van der Waals surface area contributed by atoms with Crippen molar-refractivity contribution in [2.75, 3.05) is 19.0 Å². The molecule has 0 aliphatic rings. The molecule has 190 valence electrons. The zero-order valence-corrected chi connectivity index (χ0v) is 21.5. The molecule has 1 amide bonds. The lowest BCUT2D eigenvalue weighted by Crippen LogP contribution is -2.15. The predicted molar refractivity (Wildman–Crippen MR) is 147 cm³/mol. The Morgan fingerprint density at radius 1 is 0.974 bits per heavy atom. The van der Waals surface area contributed by atoms with Crippen LogP contribution in [-0.4, -0.2) is 30.6 Å². The Bertz CT molecular complexity index is 1630. The van der Waals surface area contributed by atoms with E-state index in [1.54, 1.807) is 37.6 Å². The van der Waals surface area contributed by atoms with E-state index in [1.165, 1.54) is 23.5 Å². The lowest BCUT2D eigenvalue weighted by atomic mass is 10.0. The number of carbonyl (C=O) groups excluding carboxylic acids is 2. The van der Waals surface area contributed by atoms with Gasteiger partial charge in [-0.1, -0.05) is 30.3 Å². The topological polar surface area (TPSA) is 77.5 Å². The number of benzene rings is 3. The SMILES string of the molecule is CCOC(=O)c1c(-c2ccc(F)cc2)csc1NC(=O)c1cc(-c2ccc(OC)cc2)nc2ccccc12. The van der Waals surface area contributed by atoms with E-state index < -0.39 is 11.9 Å². The number of nitrogens with zero attached hydrogens (tertiary/aromatic N) is 1. The summed E-state index contributed by atoms with van der Waals surface area (Å²) in [7, 11) is 1.60. The number of thiophene rings is 1. The Hall–Kier alpha value is -4.56. The standard InChI is InChI=1S/C30H23FN2O4S/c1-3-37-30(35)27-24(18-8-12-20(31)13-9-18)17-38-29(27)33-28(34)23-16-26(19-10-14-21(36-2)15-11-19)32-25-7-5-4-6-22(23)25/h4-17H,3H2,1-2H3,(H,33,34). The first-order chi connectivity index (χ1) is 18.5. The number of hydrogen-bond acceptors (Lipinski definition) is 6. The maximum atomic E-state index is 13.7. The summed E-state index contributed by atoms with van der Waals surface area (Å²) in [4.78, 5) is 31.4. The number of rotatable bonds is 7. The van der Waals surface area contributed by atoms with Crippen LogP contribution in [0.3, 0.4) is 0 Å². The van der Waals surface area contributed by atoms with Crippen LogP contribution in [0.5, 0.6) is 5.75 Å². The molecule has 0 radical (unpaired) electrons. The first kappa shape index (κ1) is 25.1. The van der Waals surface area contributed by atoms with Crippen molar-refractivity contribution >= 4 is 39.1 Å². The molecule has 0 bridgehead atoms. The molecule has 38 heavy (non-hydrogen) atoms. The number of methoxy groups -OCH3 is 1. The maximum absolute atomic E-state index is 13.7. The van der Waals surface area contributed by atoms with Gasteiger partial charge in [-0.15, -0.1) is 11.3 Å². The molecule has 0 unspecified atom stereocenters. The lowest BCUT2D eigenvalue weighted by molar-refractivity contribution is 0.0529. The van der Waals surface area contributed by atoms with Gasteiger partial charge in [0.25, 0.3) is 5.91 Å². The number of ether oxygens (including phenoxy) is 2. The van der Waals surface area contributed by atoms with E-state index in [-0.39, 0.29) is 18.0 Å². The number of halogens is 1. The average molecular weight is 527 g/mol. The highest BCUT2D eigenvalue weighted by atomic mass is 32.1. The van der Waals surface area contributed by atoms with Gasteiger partial charge in [-0.2, -0.15) is 0 Å². The summed E-state index contributed by atoms with van der Waals surface area (Å²) >= 11 is 1.21. The van der Waals surface area contributed by atoms with Crippen LogP contribution in [0.2, 0.25) is 0 Å². The van der Waals surface area contributed by atoms with Gasteiger partial charge in [0.15, 0.2) is 0 Å². The fourth-order valence-corrected chi connectivity index (χ4v) is 5.09. The minimum atomic E-state index is -0.568. The van der Waals surface area contributed by atoms with Gasteiger partial charge in [0.2, 0.25) is 0 Å². The van der Waals surface area contributed by atoms with E-state index in [0.717, 1.165) is 5.56 Å². The van der Waals surface area contributed by atoms with Gasteiger partial charge in [-0.25, -0.2) is 14.2 Å². The average Bonchev–Trinajstić information content (AvgIpc) is 3.36. The van der Waals surface area contributed by atoms with Crippen LogP contribution >= 0.6 is 11.3 Å². The Kier molecular flexibility index (Phi) is 7.15. The Balaban J connectivity index is 1.56. The van der Waals surface area contributed by atoms with Crippen molar-refractivity contribution in [1.82, 2.24) is 4.98 Å². The Morgan fingerprint density at radius 3 is 2.39 bits per heavy atom. The van der Waals surface area contributed by atoms with Gasteiger partial charge in [0.05, 0.1) is 30.5 Å². The van der Waals surface area contributed by atoms with Crippen molar-refractivity contribution in [3.05, 3.63) is 101 Å². The number of pyridine rings is 1. The summed E-state index contributed by atoms with van der Waals surface area (Å²) in [5, 5.41) is 5.69. The van der Waals surface area contributed by atoms with E-state index >= 15 is 0 Å². The zero-order chi connectivity index (χ0) is 26.6. The van der Waals surface area contributed by atoms with E-state index in [2.05, 4.69) is 5.32 Å². The van der Waals surface area contributed by atoms with Gasteiger partial charge in [-0.05, 0) is 61.0 Å². The summed E-state index contributed by atoms with van der Waals surface area (Å²) in [5.41, 5.74) is 3.95. The number of nitrogens with one attached hydrogen (secondary N) is 1. The number of aromatic nitrogens is 1. The first-order valence-corrected chi connectivity index (χ1v) is 12.8. The third-order valence-electron chi connectivity index (χ3n) is 6.00. The first-order valence-electron chi connectivity index (χ1n) is 11.9. The second-order valence-corrected chi connectivity index (χ2v) is 9.22. The van der Waals surface area contributed by atoms with Gasteiger partial charge in [0.1, 0.15) is 22.1 Å². The Labute approximate surface area is 222 Å². The lowest BCUT2D eigenvalue weighted by Gasteiger charge is -2.12. The highest BCUT2D eigenvalue weighted by molar-refractivity contribution is 7.15. The summed E-state index contributed by atoms with van der Waals surface area (Å²) in [6.45, 7) is 1.88. The smallest absolute Gasteiger partial charge is 0.341 e. The van der Waals surface area contributed by atoms with Gasteiger partial charge in [0, 0.05) is 21.9 Å². The summed E-state index contributed by atoms with van der Waals surface area (Å²) in [6.07, 6.45) is 0. The highest BCUT2D eigenvalue weighted by Gasteiger charge is 2.24. The normalized spacial score (nSPS) is 10.8. The highest BCUT2D eigenvalue weighted by Crippen LogP contribution is 2.37. The van der Waals surface area contributed by atoms with Crippen LogP contribution in [0.4, 0.5) is 9.39 Å². The minimum Gasteiger partial charge on any atom is -0.497 e. The molecule has 0 fully saturated rings. The van der Waals surface area contributed by atoms with Crippen molar-refractivity contribution in [3.8, 4) is 28.1 Å². The summed E-state index contributed by atoms with van der Waals surface area (Å²) < 4.78 is 24.1. The molecule has 6 nitrogen and oxygen atoms in total. The summed E-state index contributed by atoms with van der Waals surface area (Å²) in [5.74, 6) is -0.626. The molecule has 8 heteroatoms. The van der Waals surface area contributed by atoms with Gasteiger partial charge in [-0.3, -0.25) is 4.79 Å². The van der Waals surface area contributed by atoms with Crippen molar-refractivity contribution in [2.24, 2.45) is 0 Å². The molecule has 0 aliphatic carbocycles. The molecule has 3 aromatic carbocycles.